The highest BCUT2D eigenvalue weighted by Gasteiger charge is 2.50. The number of methoxy groups -OCH3 is 1. The van der Waals surface area contributed by atoms with Crippen molar-refractivity contribution in [3.63, 3.8) is 0 Å². The maximum Gasteiger partial charge on any atom is 0.261 e. The van der Waals surface area contributed by atoms with Crippen molar-refractivity contribution in [2.24, 2.45) is 5.92 Å². The Hall–Kier alpha value is -1.46. The summed E-state index contributed by atoms with van der Waals surface area (Å²) in [5.41, 5.74) is 0. The first-order valence-electron chi connectivity index (χ1n) is 10.2. The predicted molar refractivity (Wildman–Crippen MR) is 120 cm³/mol. The lowest BCUT2D eigenvalue weighted by atomic mass is 10.0. The molecule has 0 N–H and O–H groups in total. The summed E-state index contributed by atoms with van der Waals surface area (Å²) in [6, 6.07) is 21.6. The number of hydrogen-bond acceptors (Lipinski definition) is 3. The minimum absolute atomic E-state index is 0.0110. The summed E-state index contributed by atoms with van der Waals surface area (Å²) in [6.07, 6.45) is 1.10. The van der Waals surface area contributed by atoms with Gasteiger partial charge in [-0.05, 0) is 34.7 Å². The molecule has 0 unspecified atom stereocenters. The van der Waals surface area contributed by atoms with Gasteiger partial charge in [0.25, 0.3) is 8.32 Å². The van der Waals surface area contributed by atoms with E-state index in [-0.39, 0.29) is 11.1 Å². The number of rotatable bonds is 10. The molecule has 0 bridgehead atoms. The highest BCUT2D eigenvalue weighted by molar-refractivity contribution is 6.99. The van der Waals surface area contributed by atoms with Crippen LogP contribution < -0.4 is 10.4 Å². The van der Waals surface area contributed by atoms with Crippen molar-refractivity contribution in [3.8, 4) is 0 Å². The Balaban J connectivity index is 2.29. The molecule has 0 saturated heterocycles. The van der Waals surface area contributed by atoms with Gasteiger partial charge in [0.05, 0.1) is 6.10 Å². The van der Waals surface area contributed by atoms with E-state index < -0.39 is 8.32 Å². The Morgan fingerprint density at radius 1 is 0.857 bits per heavy atom. The lowest BCUT2D eigenvalue weighted by Gasteiger charge is -2.43. The van der Waals surface area contributed by atoms with Crippen LogP contribution in [0.15, 0.2) is 60.7 Å². The van der Waals surface area contributed by atoms with Gasteiger partial charge in [0.1, 0.15) is 6.79 Å². The minimum Gasteiger partial charge on any atom is -0.407 e. The van der Waals surface area contributed by atoms with Crippen LogP contribution in [0, 0.1) is 5.92 Å². The van der Waals surface area contributed by atoms with Crippen molar-refractivity contribution in [1.82, 2.24) is 0 Å². The molecule has 0 saturated carbocycles. The van der Waals surface area contributed by atoms with Crippen LogP contribution in [0.1, 0.15) is 41.0 Å². The van der Waals surface area contributed by atoms with Crippen molar-refractivity contribution < 1.29 is 13.9 Å². The zero-order chi connectivity index (χ0) is 20.6. The van der Waals surface area contributed by atoms with Crippen LogP contribution in [0.4, 0.5) is 0 Å². The fraction of sp³-hybridized carbons (Fsp3) is 0.500. The van der Waals surface area contributed by atoms with E-state index in [1.807, 2.05) is 0 Å². The van der Waals surface area contributed by atoms with Crippen molar-refractivity contribution in [2.75, 3.05) is 20.5 Å². The molecule has 2 aromatic carbocycles. The average molecular weight is 401 g/mol. The maximum atomic E-state index is 6.94. The van der Waals surface area contributed by atoms with E-state index in [2.05, 4.69) is 95.3 Å². The molecule has 2 atom stereocenters. The van der Waals surface area contributed by atoms with Crippen molar-refractivity contribution >= 4 is 18.7 Å². The normalized spacial score (nSPS) is 14.6. The summed E-state index contributed by atoms with van der Waals surface area (Å²) in [6.45, 7) is 12.3. The first-order chi connectivity index (χ1) is 13.3. The van der Waals surface area contributed by atoms with E-state index >= 15 is 0 Å². The van der Waals surface area contributed by atoms with Crippen LogP contribution >= 0.6 is 0 Å². The Morgan fingerprint density at radius 2 is 1.36 bits per heavy atom. The second-order valence-electron chi connectivity index (χ2n) is 8.56. The van der Waals surface area contributed by atoms with Gasteiger partial charge in [-0.25, -0.2) is 0 Å². The van der Waals surface area contributed by atoms with Crippen LogP contribution in [0.25, 0.3) is 0 Å². The molecular formula is C24H36O3Si. The van der Waals surface area contributed by atoms with Crippen molar-refractivity contribution in [2.45, 2.75) is 52.2 Å². The third-order valence-corrected chi connectivity index (χ3v) is 10.6. The minimum atomic E-state index is -2.44. The van der Waals surface area contributed by atoms with E-state index in [0.717, 1.165) is 13.0 Å². The van der Waals surface area contributed by atoms with Crippen LogP contribution in [-0.4, -0.2) is 34.9 Å². The van der Waals surface area contributed by atoms with Gasteiger partial charge in [-0.3, -0.25) is 0 Å². The summed E-state index contributed by atoms with van der Waals surface area (Å²) in [5.74, 6) is 0.397. The average Bonchev–Trinajstić information content (AvgIpc) is 2.69. The maximum absolute atomic E-state index is 6.94. The quantitative estimate of drug-likeness (QED) is 0.431. The molecule has 3 nitrogen and oxygen atoms in total. The van der Waals surface area contributed by atoms with E-state index in [4.69, 9.17) is 13.9 Å². The molecule has 0 amide bonds. The van der Waals surface area contributed by atoms with Gasteiger partial charge < -0.3 is 13.9 Å². The van der Waals surface area contributed by atoms with Crippen LogP contribution in [0.5, 0.6) is 0 Å². The molecular weight excluding hydrogens is 364 g/mol. The van der Waals surface area contributed by atoms with Crippen molar-refractivity contribution in [1.29, 1.82) is 0 Å². The molecule has 0 aliphatic heterocycles. The van der Waals surface area contributed by atoms with Crippen molar-refractivity contribution in [3.05, 3.63) is 60.7 Å². The third-order valence-electron chi connectivity index (χ3n) is 5.56. The monoisotopic (exact) mass is 400 g/mol. The zero-order valence-corrected chi connectivity index (χ0v) is 19.3. The van der Waals surface area contributed by atoms with Gasteiger partial charge in [-0.15, -0.1) is 0 Å². The summed E-state index contributed by atoms with van der Waals surface area (Å²) < 4.78 is 17.7. The Morgan fingerprint density at radius 3 is 1.79 bits per heavy atom. The topological polar surface area (TPSA) is 27.7 Å². The molecule has 0 fully saturated rings. The van der Waals surface area contributed by atoms with Crippen LogP contribution in [0.2, 0.25) is 5.04 Å². The smallest absolute Gasteiger partial charge is 0.261 e. The summed E-state index contributed by atoms with van der Waals surface area (Å²) in [5, 5.41) is 2.66. The molecule has 0 aromatic heterocycles. The number of hydrogen-bond donors (Lipinski definition) is 0. The lowest BCUT2D eigenvalue weighted by Crippen LogP contribution is -2.66. The summed E-state index contributed by atoms with van der Waals surface area (Å²) >= 11 is 0. The van der Waals surface area contributed by atoms with Crippen LogP contribution in [0.3, 0.4) is 0 Å². The SMILES string of the molecule is COCO[C@@H](C)[C@@H](C)CCO[Si](c1ccccc1)(c1ccccc1)C(C)(C)C. The second kappa shape index (κ2) is 10.4. The second-order valence-corrected chi connectivity index (χ2v) is 12.9. The van der Waals surface area contributed by atoms with E-state index in [1.165, 1.54) is 10.4 Å². The van der Waals surface area contributed by atoms with Gasteiger partial charge in [-0.2, -0.15) is 0 Å². The highest BCUT2D eigenvalue weighted by Crippen LogP contribution is 2.37. The highest BCUT2D eigenvalue weighted by atomic mass is 28.4. The fourth-order valence-electron chi connectivity index (χ4n) is 3.73. The number of ether oxygens (including phenoxy) is 2. The molecule has 154 valence electrons. The predicted octanol–water partition coefficient (Wildman–Crippen LogP) is 4.60. The molecule has 0 aliphatic rings. The molecule has 0 spiro atoms. The van der Waals surface area contributed by atoms with Gasteiger partial charge in [-0.1, -0.05) is 88.4 Å². The van der Waals surface area contributed by atoms with E-state index in [1.54, 1.807) is 7.11 Å². The Bertz CT molecular complexity index is 643. The van der Waals surface area contributed by atoms with Gasteiger partial charge in [0.15, 0.2) is 0 Å². The fourth-order valence-corrected chi connectivity index (χ4v) is 8.31. The molecule has 2 aromatic rings. The summed E-state index contributed by atoms with van der Waals surface area (Å²) in [4.78, 5) is 0. The van der Waals surface area contributed by atoms with E-state index in [0.29, 0.717) is 12.7 Å². The molecule has 28 heavy (non-hydrogen) atoms. The largest absolute Gasteiger partial charge is 0.407 e. The lowest BCUT2D eigenvalue weighted by molar-refractivity contribution is -0.0836. The van der Waals surface area contributed by atoms with E-state index in [9.17, 15) is 0 Å². The van der Waals surface area contributed by atoms with Gasteiger partial charge in [0.2, 0.25) is 0 Å². The standard InChI is InChI=1S/C24H36O3Si/c1-20(21(2)26-19-25-6)17-18-27-28(24(3,4)5,22-13-9-7-10-14-22)23-15-11-8-12-16-23/h7-16,20-21H,17-19H2,1-6H3/t20-,21-/m0/s1. The Labute approximate surface area is 172 Å². The van der Waals surface area contributed by atoms with Gasteiger partial charge >= 0.3 is 0 Å². The Kier molecular flexibility index (Phi) is 8.44. The number of benzene rings is 2. The van der Waals surface area contributed by atoms with Crippen LogP contribution in [-0.2, 0) is 13.9 Å². The first kappa shape index (κ1) is 22.8. The molecule has 0 radical (unpaired) electrons. The molecule has 4 heteroatoms. The molecule has 2 rings (SSSR count). The first-order valence-corrected chi connectivity index (χ1v) is 12.1. The molecule has 0 heterocycles. The zero-order valence-electron chi connectivity index (χ0n) is 18.3. The third kappa shape index (κ3) is 5.32. The molecule has 0 aliphatic carbocycles. The van der Waals surface area contributed by atoms with Gasteiger partial charge in [0, 0.05) is 13.7 Å². The summed E-state index contributed by atoms with van der Waals surface area (Å²) in [7, 11) is -0.786.